The molecule has 1 N–H and O–H groups in total. The molecule has 136 valence electrons. The van der Waals surface area contributed by atoms with Gasteiger partial charge in [-0.3, -0.25) is 4.79 Å². The largest absolute Gasteiger partial charge is 0.388 e. The fraction of sp³-hybridized carbons (Fsp3) is 0.350. The molecular formula is C20H24N4O2. The van der Waals surface area contributed by atoms with Crippen LogP contribution in [0.4, 0.5) is 0 Å². The van der Waals surface area contributed by atoms with E-state index in [1.807, 2.05) is 34.9 Å². The van der Waals surface area contributed by atoms with Crippen LogP contribution in [0.25, 0.3) is 11.2 Å². The van der Waals surface area contributed by atoms with E-state index in [-0.39, 0.29) is 11.9 Å². The van der Waals surface area contributed by atoms with E-state index in [0.29, 0.717) is 24.0 Å². The monoisotopic (exact) mass is 352 g/mol. The summed E-state index contributed by atoms with van der Waals surface area (Å²) in [5.41, 5.74) is 2.85. The number of imidazole rings is 1. The van der Waals surface area contributed by atoms with Gasteiger partial charge in [0.25, 0.3) is 5.91 Å². The van der Waals surface area contributed by atoms with E-state index in [1.54, 1.807) is 30.5 Å². The minimum atomic E-state index is -0.589. The van der Waals surface area contributed by atoms with Crippen LogP contribution in [-0.4, -0.2) is 44.0 Å². The van der Waals surface area contributed by atoms with Crippen LogP contribution in [0.1, 0.15) is 48.3 Å². The Balaban J connectivity index is 1.67. The van der Waals surface area contributed by atoms with Crippen molar-refractivity contribution in [2.75, 3.05) is 13.6 Å². The number of aliphatic hydroxyl groups is 1. The molecule has 1 amide bonds. The standard InChI is InChI=1S/C20H24N4O2/c1-14(2)24-13-22-17-11-16(12-21-19(17)24)20(26)23(3)10-9-18(25)15-7-5-4-6-8-15/h4-8,11-14,18,25H,9-10H2,1-3H3. The molecule has 26 heavy (non-hydrogen) atoms. The number of aliphatic hydroxyl groups excluding tert-OH is 1. The van der Waals surface area contributed by atoms with Crippen LogP contribution in [0.15, 0.2) is 48.9 Å². The number of hydrogen-bond acceptors (Lipinski definition) is 4. The zero-order valence-electron chi connectivity index (χ0n) is 15.3. The molecule has 6 nitrogen and oxygen atoms in total. The molecule has 2 aromatic heterocycles. The smallest absolute Gasteiger partial charge is 0.255 e. The number of benzene rings is 1. The first-order valence-electron chi connectivity index (χ1n) is 8.78. The summed E-state index contributed by atoms with van der Waals surface area (Å²) in [5.74, 6) is -0.126. The summed E-state index contributed by atoms with van der Waals surface area (Å²) in [6.45, 7) is 4.58. The summed E-state index contributed by atoms with van der Waals surface area (Å²) in [7, 11) is 1.73. The molecule has 1 aromatic carbocycles. The first-order chi connectivity index (χ1) is 12.5. The van der Waals surface area contributed by atoms with Crippen molar-refractivity contribution in [3.63, 3.8) is 0 Å². The molecule has 0 radical (unpaired) electrons. The number of hydrogen-bond donors (Lipinski definition) is 1. The van der Waals surface area contributed by atoms with E-state index in [4.69, 9.17) is 0 Å². The van der Waals surface area contributed by atoms with Gasteiger partial charge < -0.3 is 14.6 Å². The highest BCUT2D eigenvalue weighted by Crippen LogP contribution is 2.19. The van der Waals surface area contributed by atoms with Gasteiger partial charge in [-0.1, -0.05) is 30.3 Å². The molecule has 3 rings (SSSR count). The van der Waals surface area contributed by atoms with E-state index in [9.17, 15) is 9.90 Å². The van der Waals surface area contributed by atoms with Gasteiger partial charge >= 0.3 is 0 Å². The Morgan fingerprint density at radius 1 is 1.23 bits per heavy atom. The molecule has 0 saturated carbocycles. The lowest BCUT2D eigenvalue weighted by molar-refractivity contribution is 0.0761. The molecule has 6 heteroatoms. The molecule has 2 heterocycles. The SMILES string of the molecule is CC(C)n1cnc2cc(C(=O)N(C)CCC(O)c3ccccc3)cnc21. The Kier molecular flexibility index (Phi) is 5.32. The van der Waals surface area contributed by atoms with Gasteiger partial charge in [0.15, 0.2) is 5.65 Å². The Hall–Kier alpha value is -2.73. The average Bonchev–Trinajstić information content (AvgIpc) is 3.09. The van der Waals surface area contributed by atoms with Gasteiger partial charge in [0, 0.05) is 25.8 Å². The summed E-state index contributed by atoms with van der Waals surface area (Å²) in [6.07, 6.45) is 3.23. The lowest BCUT2D eigenvalue weighted by Gasteiger charge is -2.19. The summed E-state index contributed by atoms with van der Waals surface area (Å²) in [4.78, 5) is 23.0. The van der Waals surface area contributed by atoms with Gasteiger partial charge in [0.1, 0.15) is 5.52 Å². The maximum absolute atomic E-state index is 12.6. The van der Waals surface area contributed by atoms with Crippen molar-refractivity contribution in [2.45, 2.75) is 32.4 Å². The predicted molar refractivity (Wildman–Crippen MR) is 101 cm³/mol. The Morgan fingerprint density at radius 3 is 2.65 bits per heavy atom. The maximum atomic E-state index is 12.6. The third kappa shape index (κ3) is 3.75. The molecular weight excluding hydrogens is 328 g/mol. The second-order valence-corrected chi connectivity index (χ2v) is 6.75. The molecule has 0 bridgehead atoms. The summed E-state index contributed by atoms with van der Waals surface area (Å²) in [6, 6.07) is 11.5. The van der Waals surface area contributed by atoms with Gasteiger partial charge in [-0.2, -0.15) is 0 Å². The topological polar surface area (TPSA) is 71.2 Å². The van der Waals surface area contributed by atoms with Gasteiger partial charge in [0.05, 0.1) is 18.0 Å². The molecule has 3 aromatic rings. The van der Waals surface area contributed by atoms with Gasteiger partial charge in [-0.15, -0.1) is 0 Å². The highest BCUT2D eigenvalue weighted by molar-refractivity contribution is 5.96. The molecule has 0 aliphatic rings. The summed E-state index contributed by atoms with van der Waals surface area (Å²) >= 11 is 0. The third-order valence-corrected chi connectivity index (χ3v) is 4.49. The third-order valence-electron chi connectivity index (χ3n) is 4.49. The first-order valence-corrected chi connectivity index (χ1v) is 8.78. The van der Waals surface area contributed by atoms with Crippen LogP contribution < -0.4 is 0 Å². The van der Waals surface area contributed by atoms with Gasteiger partial charge in [-0.05, 0) is 31.9 Å². The normalized spacial score (nSPS) is 12.5. The van der Waals surface area contributed by atoms with Crippen LogP contribution in [-0.2, 0) is 0 Å². The van der Waals surface area contributed by atoms with Crippen LogP contribution in [0.5, 0.6) is 0 Å². The van der Waals surface area contributed by atoms with Crippen LogP contribution in [0, 0.1) is 0 Å². The van der Waals surface area contributed by atoms with E-state index >= 15 is 0 Å². The highest BCUT2D eigenvalue weighted by Gasteiger charge is 2.16. The number of aromatic nitrogens is 3. The minimum Gasteiger partial charge on any atom is -0.388 e. The Morgan fingerprint density at radius 2 is 1.96 bits per heavy atom. The van der Waals surface area contributed by atoms with Gasteiger partial charge in [-0.25, -0.2) is 9.97 Å². The van der Waals surface area contributed by atoms with Crippen LogP contribution >= 0.6 is 0 Å². The van der Waals surface area contributed by atoms with E-state index in [0.717, 1.165) is 11.2 Å². The van der Waals surface area contributed by atoms with Crippen LogP contribution in [0.3, 0.4) is 0 Å². The van der Waals surface area contributed by atoms with E-state index < -0.39 is 6.10 Å². The molecule has 0 spiro atoms. The highest BCUT2D eigenvalue weighted by atomic mass is 16.3. The number of carbonyl (C=O) groups is 1. The number of rotatable bonds is 6. The lowest BCUT2D eigenvalue weighted by atomic mass is 10.1. The second-order valence-electron chi connectivity index (χ2n) is 6.75. The number of carbonyl (C=O) groups excluding carboxylic acids is 1. The summed E-state index contributed by atoms with van der Waals surface area (Å²) < 4.78 is 1.98. The molecule has 0 saturated heterocycles. The number of nitrogens with zero attached hydrogens (tertiary/aromatic N) is 4. The Bertz CT molecular complexity index is 889. The fourth-order valence-corrected chi connectivity index (χ4v) is 2.89. The Labute approximate surface area is 153 Å². The van der Waals surface area contributed by atoms with Crippen molar-refractivity contribution < 1.29 is 9.90 Å². The quantitative estimate of drug-likeness (QED) is 0.739. The molecule has 0 aliphatic carbocycles. The van der Waals surface area contributed by atoms with Gasteiger partial charge in [0.2, 0.25) is 0 Å². The second kappa shape index (κ2) is 7.66. The number of fused-ring (bicyclic) bond motifs is 1. The van der Waals surface area contributed by atoms with E-state index in [2.05, 4.69) is 23.8 Å². The zero-order valence-corrected chi connectivity index (χ0v) is 15.3. The average molecular weight is 352 g/mol. The maximum Gasteiger partial charge on any atom is 0.255 e. The molecule has 1 atom stereocenters. The first kappa shape index (κ1) is 18.1. The number of amides is 1. The lowest BCUT2D eigenvalue weighted by Crippen LogP contribution is -2.28. The van der Waals surface area contributed by atoms with Crippen molar-refractivity contribution in [3.8, 4) is 0 Å². The predicted octanol–water partition coefficient (Wildman–Crippen LogP) is 3.21. The van der Waals surface area contributed by atoms with Crippen molar-refractivity contribution in [2.24, 2.45) is 0 Å². The van der Waals surface area contributed by atoms with E-state index in [1.165, 1.54) is 0 Å². The van der Waals surface area contributed by atoms with Crippen molar-refractivity contribution in [1.82, 2.24) is 19.4 Å². The number of pyridine rings is 1. The van der Waals surface area contributed by atoms with Crippen molar-refractivity contribution in [3.05, 3.63) is 60.0 Å². The van der Waals surface area contributed by atoms with Crippen molar-refractivity contribution in [1.29, 1.82) is 0 Å². The molecule has 0 aliphatic heterocycles. The summed E-state index contributed by atoms with van der Waals surface area (Å²) in [5, 5.41) is 10.3. The zero-order chi connectivity index (χ0) is 18.7. The molecule has 0 fully saturated rings. The fourth-order valence-electron chi connectivity index (χ4n) is 2.89. The van der Waals surface area contributed by atoms with Crippen molar-refractivity contribution >= 4 is 17.1 Å². The van der Waals surface area contributed by atoms with Crippen LogP contribution in [0.2, 0.25) is 0 Å². The molecule has 1 unspecified atom stereocenters. The minimum absolute atomic E-state index is 0.126.